The second-order valence-electron chi connectivity index (χ2n) is 4.84. The highest BCUT2D eigenvalue weighted by Gasteiger charge is 2.22. The first-order chi connectivity index (χ1) is 8.03. The van der Waals surface area contributed by atoms with E-state index >= 15 is 0 Å². The third-order valence-electron chi connectivity index (χ3n) is 2.92. The third-order valence-corrected chi connectivity index (χ3v) is 2.92. The van der Waals surface area contributed by atoms with Gasteiger partial charge in [-0.3, -0.25) is 0 Å². The molecule has 0 amide bonds. The third kappa shape index (κ3) is 2.48. The second kappa shape index (κ2) is 4.47. The van der Waals surface area contributed by atoms with Crippen molar-refractivity contribution in [2.24, 2.45) is 12.8 Å². The predicted molar refractivity (Wildman–Crippen MR) is 68.9 cm³/mol. The number of aryl methyl sites for hydroxylation is 1. The summed E-state index contributed by atoms with van der Waals surface area (Å²) >= 11 is 0. The molecular weight excluding hydrogens is 214 g/mol. The van der Waals surface area contributed by atoms with Crippen LogP contribution in [0.15, 0.2) is 24.3 Å². The second-order valence-corrected chi connectivity index (χ2v) is 4.84. The molecule has 1 atom stereocenters. The number of benzene rings is 1. The minimum Gasteiger partial charge on any atom is -0.383 e. The Morgan fingerprint density at radius 2 is 2.12 bits per heavy atom. The first-order valence-corrected chi connectivity index (χ1v) is 5.72. The molecular formula is C13H19N3O. The number of nitrogens with two attached hydrogens (primary N) is 1. The van der Waals surface area contributed by atoms with Crippen LogP contribution in [0.4, 0.5) is 0 Å². The van der Waals surface area contributed by atoms with Crippen molar-refractivity contribution in [3.63, 3.8) is 0 Å². The molecule has 1 aromatic heterocycles. The number of hydrogen-bond acceptors (Lipinski definition) is 3. The van der Waals surface area contributed by atoms with Crippen molar-refractivity contribution in [1.82, 2.24) is 9.55 Å². The Morgan fingerprint density at radius 3 is 2.76 bits per heavy atom. The molecule has 17 heavy (non-hydrogen) atoms. The lowest BCUT2D eigenvalue weighted by atomic mass is 10.0. The Labute approximate surface area is 101 Å². The molecule has 4 heteroatoms. The van der Waals surface area contributed by atoms with Gasteiger partial charge in [0.15, 0.2) is 0 Å². The molecule has 1 aromatic carbocycles. The predicted octanol–water partition coefficient (Wildman–Crippen LogP) is 1.48. The van der Waals surface area contributed by atoms with Crippen LogP contribution < -0.4 is 5.73 Å². The molecule has 4 nitrogen and oxygen atoms in total. The van der Waals surface area contributed by atoms with Gasteiger partial charge in [-0.05, 0) is 19.1 Å². The van der Waals surface area contributed by atoms with Gasteiger partial charge < -0.3 is 15.0 Å². The van der Waals surface area contributed by atoms with E-state index in [0.717, 1.165) is 16.9 Å². The summed E-state index contributed by atoms with van der Waals surface area (Å²) in [6.07, 6.45) is 0.700. The zero-order valence-corrected chi connectivity index (χ0v) is 10.6. The Hall–Kier alpha value is -1.39. The van der Waals surface area contributed by atoms with Crippen molar-refractivity contribution >= 4 is 11.0 Å². The zero-order chi connectivity index (χ0) is 12.5. The number of fused-ring (bicyclic) bond motifs is 1. The number of ether oxygens (including phenoxy) is 1. The van der Waals surface area contributed by atoms with E-state index in [2.05, 4.69) is 15.6 Å². The summed E-state index contributed by atoms with van der Waals surface area (Å²) < 4.78 is 7.22. The fraction of sp³-hybridized carbons (Fsp3) is 0.462. The van der Waals surface area contributed by atoms with Crippen molar-refractivity contribution in [2.45, 2.75) is 18.9 Å². The van der Waals surface area contributed by atoms with Crippen LogP contribution in [0.25, 0.3) is 11.0 Å². The smallest absolute Gasteiger partial charge is 0.111 e. The molecule has 0 aliphatic carbocycles. The minimum atomic E-state index is -0.385. The van der Waals surface area contributed by atoms with Gasteiger partial charge in [-0.2, -0.15) is 0 Å². The van der Waals surface area contributed by atoms with Crippen LogP contribution in [0.5, 0.6) is 0 Å². The molecule has 2 N–H and O–H groups in total. The van der Waals surface area contributed by atoms with E-state index in [1.54, 1.807) is 7.11 Å². The molecule has 0 spiro atoms. The molecule has 0 radical (unpaired) electrons. The fourth-order valence-corrected chi connectivity index (χ4v) is 2.10. The Kier molecular flexibility index (Phi) is 3.17. The summed E-state index contributed by atoms with van der Waals surface area (Å²) in [4.78, 5) is 4.61. The van der Waals surface area contributed by atoms with Crippen LogP contribution in [0, 0.1) is 0 Å². The Bertz CT molecular complexity index is 516. The van der Waals surface area contributed by atoms with Crippen molar-refractivity contribution in [3.8, 4) is 0 Å². The molecule has 92 valence electrons. The van der Waals surface area contributed by atoms with Gasteiger partial charge in [-0.25, -0.2) is 4.98 Å². The summed E-state index contributed by atoms with van der Waals surface area (Å²) in [5.74, 6) is 0.994. The summed E-state index contributed by atoms with van der Waals surface area (Å²) in [5.41, 5.74) is 7.93. The van der Waals surface area contributed by atoms with Crippen LogP contribution in [0.2, 0.25) is 0 Å². The maximum atomic E-state index is 6.17. The lowest BCUT2D eigenvalue weighted by Crippen LogP contribution is -2.43. The lowest BCUT2D eigenvalue weighted by Gasteiger charge is -2.22. The molecule has 0 saturated carbocycles. The van der Waals surface area contributed by atoms with E-state index in [-0.39, 0.29) is 5.54 Å². The fourth-order valence-electron chi connectivity index (χ4n) is 2.10. The van der Waals surface area contributed by atoms with Crippen LogP contribution in [0.3, 0.4) is 0 Å². The van der Waals surface area contributed by atoms with E-state index < -0.39 is 0 Å². The maximum Gasteiger partial charge on any atom is 0.111 e. The van der Waals surface area contributed by atoms with E-state index in [4.69, 9.17) is 10.5 Å². The molecule has 0 saturated heterocycles. The van der Waals surface area contributed by atoms with Crippen molar-refractivity contribution in [1.29, 1.82) is 0 Å². The van der Waals surface area contributed by atoms with E-state index in [1.165, 1.54) is 0 Å². The molecule has 0 fully saturated rings. The number of nitrogens with zero attached hydrogens (tertiary/aromatic N) is 2. The van der Waals surface area contributed by atoms with Crippen LogP contribution in [-0.2, 0) is 18.2 Å². The number of aromatic nitrogens is 2. The molecule has 0 bridgehead atoms. The van der Waals surface area contributed by atoms with Gasteiger partial charge >= 0.3 is 0 Å². The van der Waals surface area contributed by atoms with Crippen molar-refractivity contribution in [2.75, 3.05) is 13.7 Å². The molecule has 1 heterocycles. The van der Waals surface area contributed by atoms with Crippen molar-refractivity contribution < 1.29 is 4.74 Å². The Balaban J connectivity index is 2.33. The summed E-state index contributed by atoms with van der Waals surface area (Å²) in [6, 6.07) is 8.10. The average molecular weight is 233 g/mol. The first kappa shape index (κ1) is 12.1. The van der Waals surface area contributed by atoms with Crippen LogP contribution >= 0.6 is 0 Å². The maximum absolute atomic E-state index is 6.17. The SMILES string of the molecule is COCC(C)(N)Cc1nc2ccccc2n1C. The number of imidazole rings is 1. The van der Waals surface area contributed by atoms with Gasteiger partial charge in [-0.1, -0.05) is 12.1 Å². The monoisotopic (exact) mass is 233 g/mol. The minimum absolute atomic E-state index is 0.385. The quantitative estimate of drug-likeness (QED) is 0.870. The van der Waals surface area contributed by atoms with E-state index in [1.807, 2.05) is 32.2 Å². The van der Waals surface area contributed by atoms with E-state index in [9.17, 15) is 0 Å². The van der Waals surface area contributed by atoms with Gasteiger partial charge in [0.2, 0.25) is 0 Å². The largest absolute Gasteiger partial charge is 0.383 e. The van der Waals surface area contributed by atoms with Gasteiger partial charge in [0.25, 0.3) is 0 Å². The van der Waals surface area contributed by atoms with Gasteiger partial charge in [0.05, 0.1) is 17.6 Å². The number of para-hydroxylation sites is 2. The lowest BCUT2D eigenvalue weighted by molar-refractivity contribution is 0.139. The van der Waals surface area contributed by atoms with Gasteiger partial charge in [0.1, 0.15) is 5.82 Å². The number of methoxy groups -OCH3 is 1. The highest BCUT2D eigenvalue weighted by atomic mass is 16.5. The standard InChI is InChI=1S/C13H19N3O/c1-13(14,9-17-3)8-12-15-10-6-4-5-7-11(10)16(12)2/h4-7H,8-9,14H2,1-3H3. The topological polar surface area (TPSA) is 53.1 Å². The molecule has 0 aliphatic heterocycles. The molecule has 2 aromatic rings. The first-order valence-electron chi connectivity index (χ1n) is 5.72. The van der Waals surface area contributed by atoms with Gasteiger partial charge in [-0.15, -0.1) is 0 Å². The molecule has 0 aliphatic rings. The van der Waals surface area contributed by atoms with Crippen LogP contribution in [0.1, 0.15) is 12.7 Å². The number of rotatable bonds is 4. The summed E-state index contributed by atoms with van der Waals surface area (Å²) in [5, 5.41) is 0. The summed E-state index contributed by atoms with van der Waals surface area (Å²) in [6.45, 7) is 2.51. The highest BCUT2D eigenvalue weighted by Crippen LogP contribution is 2.17. The van der Waals surface area contributed by atoms with E-state index in [0.29, 0.717) is 13.0 Å². The van der Waals surface area contributed by atoms with Crippen molar-refractivity contribution in [3.05, 3.63) is 30.1 Å². The average Bonchev–Trinajstić information content (AvgIpc) is 2.56. The zero-order valence-electron chi connectivity index (χ0n) is 10.6. The normalized spacial score (nSPS) is 15.1. The Morgan fingerprint density at radius 1 is 1.41 bits per heavy atom. The highest BCUT2D eigenvalue weighted by molar-refractivity contribution is 5.75. The van der Waals surface area contributed by atoms with Crippen LogP contribution in [-0.4, -0.2) is 28.8 Å². The molecule has 2 rings (SSSR count). The number of hydrogen-bond donors (Lipinski definition) is 1. The summed E-state index contributed by atoms with van der Waals surface area (Å²) in [7, 11) is 3.69. The van der Waals surface area contributed by atoms with Gasteiger partial charge in [0, 0.05) is 26.1 Å². The molecule has 1 unspecified atom stereocenters.